The molecule has 0 saturated heterocycles. The highest BCUT2D eigenvalue weighted by Gasteiger charge is 2.13. The van der Waals surface area contributed by atoms with Crippen molar-refractivity contribution < 1.29 is 9.21 Å². The van der Waals surface area contributed by atoms with E-state index in [0.717, 1.165) is 41.6 Å². The summed E-state index contributed by atoms with van der Waals surface area (Å²) < 4.78 is 7.16. The van der Waals surface area contributed by atoms with E-state index in [1.165, 1.54) is 6.33 Å². The van der Waals surface area contributed by atoms with Gasteiger partial charge in [0.05, 0.1) is 17.3 Å². The molecule has 0 bridgehead atoms. The van der Waals surface area contributed by atoms with Crippen molar-refractivity contribution >= 4 is 17.3 Å². The molecule has 0 fully saturated rings. The zero-order valence-corrected chi connectivity index (χ0v) is 10.5. The summed E-state index contributed by atoms with van der Waals surface area (Å²) >= 11 is 0. The number of aryl methyl sites for hydroxylation is 3. The van der Waals surface area contributed by atoms with Gasteiger partial charge in [0, 0.05) is 25.2 Å². The van der Waals surface area contributed by atoms with Crippen molar-refractivity contribution in [2.75, 3.05) is 0 Å². The van der Waals surface area contributed by atoms with E-state index in [1.54, 1.807) is 12.5 Å². The molecule has 3 aromatic heterocycles. The predicted molar refractivity (Wildman–Crippen MR) is 70.0 cm³/mol. The maximum absolute atomic E-state index is 11.1. The van der Waals surface area contributed by atoms with Gasteiger partial charge in [-0.25, -0.2) is 9.97 Å². The summed E-state index contributed by atoms with van der Waals surface area (Å²) in [4.78, 5) is 19.7. The highest BCUT2D eigenvalue weighted by Crippen LogP contribution is 2.21. The molecule has 0 amide bonds. The normalized spacial score (nSPS) is 11.0. The second-order valence-corrected chi connectivity index (χ2v) is 4.41. The number of hydrogen-bond donors (Lipinski definition) is 0. The van der Waals surface area contributed by atoms with Crippen molar-refractivity contribution in [2.24, 2.45) is 7.05 Å². The number of aromatic nitrogens is 3. The molecule has 0 aliphatic carbocycles. The smallest absolute Gasteiger partial charge is 0.152 e. The lowest BCUT2D eigenvalue weighted by Crippen LogP contribution is -1.98. The summed E-state index contributed by atoms with van der Waals surface area (Å²) in [7, 11) is 1.87. The van der Waals surface area contributed by atoms with Gasteiger partial charge in [0.25, 0.3) is 0 Å². The van der Waals surface area contributed by atoms with E-state index < -0.39 is 0 Å². The first kappa shape index (κ1) is 11.6. The van der Waals surface area contributed by atoms with Crippen LogP contribution in [0.5, 0.6) is 0 Å². The van der Waals surface area contributed by atoms with Crippen LogP contribution in [0.25, 0.3) is 11.0 Å². The van der Waals surface area contributed by atoms with E-state index in [1.807, 2.05) is 23.7 Å². The lowest BCUT2D eigenvalue weighted by atomic mass is 10.1. The SMILES string of the molecule is Cn1cc(C=O)c2c(CCc3ccco3)ncnc21. The van der Waals surface area contributed by atoms with Gasteiger partial charge in [0.1, 0.15) is 17.7 Å². The fourth-order valence-corrected chi connectivity index (χ4v) is 2.28. The molecule has 0 spiro atoms. The first-order chi connectivity index (χ1) is 9.29. The second kappa shape index (κ2) is 4.68. The number of furan rings is 1. The topological polar surface area (TPSA) is 60.9 Å². The van der Waals surface area contributed by atoms with E-state index in [0.29, 0.717) is 5.56 Å². The standard InChI is InChI=1S/C14H13N3O2/c1-17-7-10(8-18)13-12(15-9-16-14(13)17)5-4-11-3-2-6-19-11/h2-3,6-9H,4-5H2,1H3. The van der Waals surface area contributed by atoms with Gasteiger partial charge < -0.3 is 8.98 Å². The van der Waals surface area contributed by atoms with E-state index in [4.69, 9.17) is 4.42 Å². The van der Waals surface area contributed by atoms with Gasteiger partial charge in [-0.1, -0.05) is 0 Å². The molecule has 0 radical (unpaired) electrons. The van der Waals surface area contributed by atoms with Gasteiger partial charge >= 0.3 is 0 Å². The van der Waals surface area contributed by atoms with Crippen molar-refractivity contribution in [3.05, 3.63) is 47.9 Å². The molecule has 3 aromatic rings. The Kier molecular flexibility index (Phi) is 2.87. The minimum Gasteiger partial charge on any atom is -0.469 e. The van der Waals surface area contributed by atoms with Crippen LogP contribution in [0.4, 0.5) is 0 Å². The molecule has 0 saturated carbocycles. The fourth-order valence-electron chi connectivity index (χ4n) is 2.28. The summed E-state index contributed by atoms with van der Waals surface area (Å²) in [6, 6.07) is 3.80. The molecular weight excluding hydrogens is 242 g/mol. The third-order valence-corrected chi connectivity index (χ3v) is 3.18. The zero-order chi connectivity index (χ0) is 13.2. The molecule has 0 unspecified atom stereocenters. The third kappa shape index (κ3) is 2.03. The number of hydrogen-bond acceptors (Lipinski definition) is 4. The number of carbonyl (C=O) groups excluding carboxylic acids is 1. The van der Waals surface area contributed by atoms with Crippen LogP contribution in [-0.4, -0.2) is 20.8 Å². The van der Waals surface area contributed by atoms with Gasteiger partial charge in [-0.05, 0) is 18.6 Å². The quantitative estimate of drug-likeness (QED) is 0.670. The Labute approximate surface area is 109 Å². The maximum Gasteiger partial charge on any atom is 0.152 e. The van der Waals surface area contributed by atoms with Gasteiger partial charge in [0.15, 0.2) is 6.29 Å². The van der Waals surface area contributed by atoms with Crippen molar-refractivity contribution in [1.82, 2.24) is 14.5 Å². The molecule has 0 aromatic carbocycles. The Morgan fingerprint density at radius 3 is 3.00 bits per heavy atom. The lowest BCUT2D eigenvalue weighted by molar-refractivity contribution is 0.112. The summed E-state index contributed by atoms with van der Waals surface area (Å²) in [6.07, 6.45) is 7.30. The van der Waals surface area contributed by atoms with Crippen LogP contribution in [0.1, 0.15) is 21.8 Å². The minimum absolute atomic E-state index is 0.632. The molecule has 5 nitrogen and oxygen atoms in total. The Morgan fingerprint density at radius 1 is 1.37 bits per heavy atom. The summed E-state index contributed by atoms with van der Waals surface area (Å²) in [5.41, 5.74) is 2.29. The number of rotatable bonds is 4. The number of fused-ring (bicyclic) bond motifs is 1. The lowest BCUT2D eigenvalue weighted by Gasteiger charge is -2.02. The van der Waals surface area contributed by atoms with Crippen LogP contribution < -0.4 is 0 Å². The van der Waals surface area contributed by atoms with Gasteiger partial charge in [0.2, 0.25) is 0 Å². The van der Waals surface area contributed by atoms with Crippen LogP contribution in [0.3, 0.4) is 0 Å². The average molecular weight is 255 g/mol. The van der Waals surface area contributed by atoms with Crippen LogP contribution >= 0.6 is 0 Å². The fraction of sp³-hybridized carbons (Fsp3) is 0.214. The van der Waals surface area contributed by atoms with Crippen LogP contribution in [0, 0.1) is 0 Å². The van der Waals surface area contributed by atoms with Gasteiger partial charge in [-0.15, -0.1) is 0 Å². The first-order valence-corrected chi connectivity index (χ1v) is 6.06. The molecule has 0 aliphatic rings. The van der Waals surface area contributed by atoms with Crippen molar-refractivity contribution in [1.29, 1.82) is 0 Å². The monoisotopic (exact) mass is 255 g/mol. The zero-order valence-electron chi connectivity index (χ0n) is 10.5. The molecule has 3 rings (SSSR count). The van der Waals surface area contributed by atoms with Crippen molar-refractivity contribution in [2.45, 2.75) is 12.8 Å². The second-order valence-electron chi connectivity index (χ2n) is 4.41. The summed E-state index contributed by atoms with van der Waals surface area (Å²) in [5, 5.41) is 0.839. The highest BCUT2D eigenvalue weighted by atomic mass is 16.3. The molecule has 96 valence electrons. The Hall–Kier alpha value is -2.43. The third-order valence-electron chi connectivity index (χ3n) is 3.18. The van der Waals surface area contributed by atoms with Crippen molar-refractivity contribution in [3.8, 4) is 0 Å². The molecule has 3 heterocycles. The number of aldehydes is 1. The Balaban J connectivity index is 2.00. The summed E-state index contributed by atoms with van der Waals surface area (Å²) in [6.45, 7) is 0. The molecule has 19 heavy (non-hydrogen) atoms. The Morgan fingerprint density at radius 2 is 2.26 bits per heavy atom. The van der Waals surface area contributed by atoms with E-state index in [9.17, 15) is 4.79 Å². The first-order valence-electron chi connectivity index (χ1n) is 6.06. The van der Waals surface area contributed by atoms with Crippen LogP contribution in [0.2, 0.25) is 0 Å². The molecular formula is C14H13N3O2. The Bertz CT molecular complexity index is 714. The average Bonchev–Trinajstić information content (AvgIpc) is 3.05. The molecule has 0 N–H and O–H groups in total. The molecule has 5 heteroatoms. The van der Waals surface area contributed by atoms with E-state index in [-0.39, 0.29) is 0 Å². The predicted octanol–water partition coefficient (Wildman–Crippen LogP) is 2.16. The highest BCUT2D eigenvalue weighted by molar-refractivity contribution is 5.97. The van der Waals surface area contributed by atoms with Crippen LogP contribution in [-0.2, 0) is 19.9 Å². The van der Waals surface area contributed by atoms with Gasteiger partial charge in [-0.2, -0.15) is 0 Å². The number of carbonyl (C=O) groups is 1. The van der Waals surface area contributed by atoms with Crippen LogP contribution in [0.15, 0.2) is 35.3 Å². The molecule has 0 atom stereocenters. The van der Waals surface area contributed by atoms with Crippen molar-refractivity contribution in [3.63, 3.8) is 0 Å². The van der Waals surface area contributed by atoms with E-state index >= 15 is 0 Å². The summed E-state index contributed by atoms with van der Waals surface area (Å²) in [5.74, 6) is 0.912. The van der Waals surface area contributed by atoms with Gasteiger partial charge in [-0.3, -0.25) is 4.79 Å². The number of nitrogens with zero attached hydrogens (tertiary/aromatic N) is 3. The molecule has 0 aliphatic heterocycles. The minimum atomic E-state index is 0.632. The maximum atomic E-state index is 11.1. The van der Waals surface area contributed by atoms with E-state index in [2.05, 4.69) is 9.97 Å². The largest absolute Gasteiger partial charge is 0.469 e.